The number of nitrogens with zero attached hydrogens (tertiary/aromatic N) is 3. The van der Waals surface area contributed by atoms with Gasteiger partial charge in [0.25, 0.3) is 5.56 Å². The van der Waals surface area contributed by atoms with Crippen molar-refractivity contribution in [2.24, 2.45) is 0 Å². The van der Waals surface area contributed by atoms with Crippen molar-refractivity contribution in [2.45, 2.75) is 46.1 Å². The van der Waals surface area contributed by atoms with Crippen molar-refractivity contribution in [1.82, 2.24) is 9.55 Å². The first-order valence-corrected chi connectivity index (χ1v) is 12.0. The van der Waals surface area contributed by atoms with Crippen LogP contribution in [0.25, 0.3) is 11.1 Å². The van der Waals surface area contributed by atoms with Gasteiger partial charge in [-0.05, 0) is 48.6 Å². The van der Waals surface area contributed by atoms with Crippen LogP contribution < -0.4 is 5.56 Å². The van der Waals surface area contributed by atoms with Crippen molar-refractivity contribution in [2.75, 3.05) is 0 Å². The Balaban J connectivity index is 1.70. The molecule has 6 heteroatoms. The minimum atomic E-state index is -0.689. The molecule has 36 heavy (non-hydrogen) atoms. The first kappa shape index (κ1) is 25.0. The average molecular weight is 484 g/mol. The molecule has 0 radical (unpaired) electrons. The Morgan fingerprint density at radius 3 is 2.47 bits per heavy atom. The highest BCUT2D eigenvalue weighted by atomic mass is 19.1. The predicted molar refractivity (Wildman–Crippen MR) is 137 cm³/mol. The summed E-state index contributed by atoms with van der Waals surface area (Å²) in [6.45, 7) is 3.81. The summed E-state index contributed by atoms with van der Waals surface area (Å²) >= 11 is 0. The van der Waals surface area contributed by atoms with Crippen molar-refractivity contribution >= 4 is 0 Å². The molecule has 0 aliphatic heterocycles. The Morgan fingerprint density at radius 2 is 1.78 bits per heavy atom. The highest BCUT2D eigenvalue weighted by molar-refractivity contribution is 5.70. The molecule has 1 heterocycles. The van der Waals surface area contributed by atoms with Crippen molar-refractivity contribution in [3.63, 3.8) is 0 Å². The number of nitriles is 1. The van der Waals surface area contributed by atoms with Gasteiger partial charge < -0.3 is 0 Å². The van der Waals surface area contributed by atoms with E-state index in [2.05, 4.69) is 13.0 Å². The van der Waals surface area contributed by atoms with Crippen LogP contribution in [0.5, 0.6) is 0 Å². The second kappa shape index (κ2) is 11.1. The zero-order chi connectivity index (χ0) is 25.7. The Hall–Kier alpha value is -4.11. The normalized spacial score (nSPS) is 10.9. The molecule has 0 fully saturated rings. The Morgan fingerprint density at radius 1 is 1.03 bits per heavy atom. The highest BCUT2D eigenvalue weighted by Crippen LogP contribution is 2.24. The lowest BCUT2D eigenvalue weighted by Crippen LogP contribution is -2.30. The molecule has 4 rings (SSSR count). The maximum atomic E-state index is 14.3. The molecule has 0 atom stereocenters. The molecule has 0 unspecified atom stereocenters. The maximum Gasteiger partial charge on any atom is 0.257 e. The van der Waals surface area contributed by atoms with Gasteiger partial charge in [-0.25, -0.2) is 13.8 Å². The average Bonchev–Trinajstić information content (AvgIpc) is 2.88. The minimum Gasteiger partial charge on any atom is -0.292 e. The number of rotatable bonds is 8. The first-order chi connectivity index (χ1) is 17.4. The lowest BCUT2D eigenvalue weighted by atomic mass is 9.96. The van der Waals surface area contributed by atoms with E-state index in [0.29, 0.717) is 29.8 Å². The topological polar surface area (TPSA) is 58.7 Å². The molecule has 0 saturated heterocycles. The Bertz CT molecular complexity index is 1480. The summed E-state index contributed by atoms with van der Waals surface area (Å²) < 4.78 is 29.2. The number of hydrogen-bond acceptors (Lipinski definition) is 3. The summed E-state index contributed by atoms with van der Waals surface area (Å²) in [5, 5.41) is 9.41. The van der Waals surface area contributed by atoms with E-state index in [0.717, 1.165) is 41.3 Å². The fourth-order valence-electron chi connectivity index (χ4n) is 4.33. The van der Waals surface area contributed by atoms with Gasteiger partial charge >= 0.3 is 0 Å². The van der Waals surface area contributed by atoms with Crippen LogP contribution in [0.1, 0.15) is 53.5 Å². The van der Waals surface area contributed by atoms with E-state index in [-0.39, 0.29) is 17.7 Å². The predicted octanol–water partition coefficient (Wildman–Crippen LogP) is 6.35. The van der Waals surface area contributed by atoms with Gasteiger partial charge in [-0.1, -0.05) is 61.9 Å². The van der Waals surface area contributed by atoms with Crippen LogP contribution in [0.4, 0.5) is 8.78 Å². The molecule has 0 amide bonds. The molecular formula is C30H27F2N3O. The second-order valence-electron chi connectivity index (χ2n) is 8.85. The van der Waals surface area contributed by atoms with E-state index in [9.17, 15) is 18.8 Å². The summed E-state index contributed by atoms with van der Waals surface area (Å²) in [7, 11) is 0. The van der Waals surface area contributed by atoms with Crippen LogP contribution in [0, 0.1) is 29.9 Å². The SMILES string of the molecule is CCCCc1nc(C)n(Cc2ccc(F)cc2F)c(=O)c1Cc1ccc(-c2ccccc2C#N)cc1. The van der Waals surface area contributed by atoms with Crippen molar-refractivity contribution in [3.8, 4) is 17.2 Å². The Labute approximate surface area is 209 Å². The smallest absolute Gasteiger partial charge is 0.257 e. The summed E-state index contributed by atoms with van der Waals surface area (Å²) in [6.07, 6.45) is 2.94. The molecule has 0 aliphatic rings. The standard InChI is InChI=1S/C30H27F2N3O/c1-3-4-9-29-27(16-21-10-12-22(13-11-21)26-8-6-5-7-23(26)18-33)30(36)35(20(2)34-29)19-24-14-15-25(31)17-28(24)32/h5-8,10-15,17H,3-4,9,16,19H2,1-2H3. The van der Waals surface area contributed by atoms with Gasteiger partial charge in [-0.2, -0.15) is 5.26 Å². The molecule has 0 saturated carbocycles. The molecule has 4 aromatic rings. The van der Waals surface area contributed by atoms with Gasteiger partial charge in [0.05, 0.1) is 23.9 Å². The van der Waals surface area contributed by atoms with Gasteiger partial charge in [-0.15, -0.1) is 0 Å². The van der Waals surface area contributed by atoms with Crippen LogP contribution in [-0.4, -0.2) is 9.55 Å². The monoisotopic (exact) mass is 483 g/mol. The Kier molecular flexibility index (Phi) is 7.70. The quantitative estimate of drug-likeness (QED) is 0.293. The third-order valence-electron chi connectivity index (χ3n) is 6.34. The number of hydrogen-bond donors (Lipinski definition) is 0. The molecular weight excluding hydrogens is 456 g/mol. The summed E-state index contributed by atoms with van der Waals surface area (Å²) in [6, 6.07) is 20.8. The van der Waals surface area contributed by atoms with Gasteiger partial charge in [0.15, 0.2) is 0 Å². The van der Waals surface area contributed by atoms with Gasteiger partial charge in [0.2, 0.25) is 0 Å². The number of aromatic nitrogens is 2. The van der Waals surface area contributed by atoms with Crippen LogP contribution in [0.2, 0.25) is 0 Å². The van der Waals surface area contributed by atoms with Crippen LogP contribution in [0.3, 0.4) is 0 Å². The summed E-state index contributed by atoms with van der Waals surface area (Å²) in [4.78, 5) is 18.4. The highest BCUT2D eigenvalue weighted by Gasteiger charge is 2.17. The van der Waals surface area contributed by atoms with E-state index in [1.165, 1.54) is 16.7 Å². The molecule has 0 spiro atoms. The third-order valence-corrected chi connectivity index (χ3v) is 6.34. The number of aryl methyl sites for hydroxylation is 2. The van der Waals surface area contributed by atoms with Crippen LogP contribution >= 0.6 is 0 Å². The summed E-state index contributed by atoms with van der Waals surface area (Å²) in [5.41, 5.74) is 4.69. The summed E-state index contributed by atoms with van der Waals surface area (Å²) in [5.74, 6) is -0.844. The van der Waals surface area contributed by atoms with E-state index in [1.54, 1.807) is 13.0 Å². The van der Waals surface area contributed by atoms with Crippen LogP contribution in [0.15, 0.2) is 71.5 Å². The van der Waals surface area contributed by atoms with Gasteiger partial charge in [-0.3, -0.25) is 9.36 Å². The molecule has 1 aromatic heterocycles. The zero-order valence-electron chi connectivity index (χ0n) is 20.4. The van der Waals surface area contributed by atoms with Crippen molar-refractivity contribution in [1.29, 1.82) is 5.26 Å². The lowest BCUT2D eigenvalue weighted by Gasteiger charge is -2.16. The number of halogens is 2. The maximum absolute atomic E-state index is 14.3. The van der Waals surface area contributed by atoms with E-state index >= 15 is 0 Å². The first-order valence-electron chi connectivity index (χ1n) is 12.0. The van der Waals surface area contributed by atoms with E-state index < -0.39 is 11.6 Å². The zero-order valence-corrected chi connectivity index (χ0v) is 20.4. The van der Waals surface area contributed by atoms with E-state index in [1.807, 2.05) is 42.5 Å². The minimum absolute atomic E-state index is 0.0191. The largest absolute Gasteiger partial charge is 0.292 e. The molecule has 0 bridgehead atoms. The molecule has 4 nitrogen and oxygen atoms in total. The third kappa shape index (κ3) is 5.41. The van der Waals surface area contributed by atoms with Gasteiger partial charge in [0, 0.05) is 23.6 Å². The van der Waals surface area contributed by atoms with Crippen LogP contribution in [-0.2, 0) is 19.4 Å². The van der Waals surface area contributed by atoms with Crippen molar-refractivity contribution in [3.05, 3.63) is 122 Å². The molecule has 0 N–H and O–H groups in total. The van der Waals surface area contributed by atoms with Gasteiger partial charge in [0.1, 0.15) is 17.5 Å². The van der Waals surface area contributed by atoms with E-state index in [4.69, 9.17) is 4.98 Å². The fraction of sp³-hybridized carbons (Fsp3) is 0.233. The second-order valence-corrected chi connectivity index (χ2v) is 8.85. The van der Waals surface area contributed by atoms with Crippen molar-refractivity contribution < 1.29 is 8.78 Å². The fourth-order valence-corrected chi connectivity index (χ4v) is 4.33. The lowest BCUT2D eigenvalue weighted by molar-refractivity contribution is 0.559. The molecule has 3 aromatic carbocycles. The number of benzene rings is 3. The molecule has 182 valence electrons. The number of unbranched alkanes of at least 4 members (excludes halogenated alkanes) is 1. The molecule has 0 aliphatic carbocycles.